The minimum Gasteiger partial charge on any atom is -0.508 e. The highest BCUT2D eigenvalue weighted by Gasteiger charge is 2.64. The van der Waals surface area contributed by atoms with Crippen molar-refractivity contribution in [2.24, 2.45) is 0 Å². The SMILES string of the molecule is Oc1cc(O)c2c(c1)O[C@]1(c3cc(O)c(O)c(O)c3)Oc3cc(O)c4c(c3[C@H]2C1O)O[C@H](c1cc(O)c(O)c(O)c1)[C@@H](O)[C@@H]4c1c(O)cc(O)c2c1O[C@]1(c3cc(O)c(O)c(O)c3)Oc3cc(O)c4c(c3[C@H]2C1O)O[C@H](c1ccc(O)c(O)c1)[C@@H](O)C4. The standard InChI is InChI=1S/C60H46O27/c61-20-10-25(65)39-36(11-20)84-59(18-6-31(71)49(77)32(72)7-18)57(80)46(39)44-38(85-59)15-28(68)40-45(51(79)53(83-55(40)44)17-4-29(69)48(76)30(70)5-17)41-26(66)13-27(67)42-47-43-37(86-60(58(47)81,87-56(41)42)19-8-33(73)50(78)34(74)9-19)14-23(63)21-12-35(75)52(82-54(21)43)16-1-2-22(62)24(64)3-16/h1-11,13-15,35,45-47,51-53,57-58,61-81H,12H2/t35-,45-,46-,47-,51-,52+,53+,57?,58?,59+,60-/m0/s1. The van der Waals surface area contributed by atoms with Crippen LogP contribution in [0.4, 0.5) is 0 Å². The lowest BCUT2D eigenvalue weighted by atomic mass is 9.70. The molecule has 21 N–H and O–H groups in total. The molecule has 27 heteroatoms. The molecule has 2 unspecified atom stereocenters. The van der Waals surface area contributed by atoms with Gasteiger partial charge in [-0.25, -0.2) is 0 Å². The molecular weight excluding hydrogens is 1150 g/mol. The van der Waals surface area contributed by atoms with E-state index < -0.39 is 227 Å². The molecule has 6 heterocycles. The Morgan fingerprint density at radius 3 is 1.33 bits per heavy atom. The first-order valence-corrected chi connectivity index (χ1v) is 26.3. The average Bonchev–Trinajstić information content (AvgIpc) is 0.695. The van der Waals surface area contributed by atoms with Crippen LogP contribution in [-0.4, -0.2) is 132 Å². The van der Waals surface area contributed by atoms with Gasteiger partial charge in [-0.05, 0) is 54.1 Å². The fourth-order valence-corrected chi connectivity index (χ4v) is 13.1. The summed E-state index contributed by atoms with van der Waals surface area (Å²) >= 11 is 0. The summed E-state index contributed by atoms with van der Waals surface area (Å²) in [6, 6.07) is 13.1. The molecule has 448 valence electrons. The first-order chi connectivity index (χ1) is 41.2. The normalized spacial score (nSPS) is 25.8. The van der Waals surface area contributed by atoms with Crippen LogP contribution in [0.5, 0.6) is 132 Å². The molecule has 6 aliphatic heterocycles. The lowest BCUT2D eigenvalue weighted by Gasteiger charge is -2.52. The van der Waals surface area contributed by atoms with Gasteiger partial charge in [0.05, 0.1) is 23.9 Å². The van der Waals surface area contributed by atoms with E-state index >= 15 is 0 Å². The van der Waals surface area contributed by atoms with E-state index in [9.17, 15) is 107 Å². The number of hydrogen-bond acceptors (Lipinski definition) is 27. The molecule has 0 fully saturated rings. The van der Waals surface area contributed by atoms with Crippen molar-refractivity contribution in [2.45, 2.75) is 72.4 Å². The van der Waals surface area contributed by atoms with E-state index in [0.29, 0.717) is 0 Å². The quantitative estimate of drug-likeness (QED) is 0.105. The van der Waals surface area contributed by atoms with Gasteiger partial charge >= 0.3 is 11.6 Å². The predicted octanol–water partition coefficient (Wildman–Crippen LogP) is 4.61. The highest BCUT2D eigenvalue weighted by molar-refractivity contribution is 5.75. The van der Waals surface area contributed by atoms with Crippen molar-refractivity contribution < 1.29 is 136 Å². The van der Waals surface area contributed by atoms with E-state index in [1.165, 1.54) is 6.07 Å². The minimum atomic E-state index is -2.89. The van der Waals surface area contributed by atoms with Crippen molar-refractivity contribution in [2.75, 3.05) is 0 Å². The molecule has 6 aliphatic rings. The van der Waals surface area contributed by atoms with Crippen LogP contribution >= 0.6 is 0 Å². The number of ether oxygens (including phenoxy) is 6. The van der Waals surface area contributed by atoms with Gasteiger partial charge in [-0.1, -0.05) is 6.07 Å². The van der Waals surface area contributed by atoms with Crippen molar-refractivity contribution >= 4 is 0 Å². The number of hydrogen-bond donors (Lipinski definition) is 21. The molecule has 4 bridgehead atoms. The molecule has 0 aliphatic carbocycles. The highest BCUT2D eigenvalue weighted by Crippen LogP contribution is 2.69. The maximum absolute atomic E-state index is 13.2. The number of phenols is 17. The Morgan fingerprint density at radius 2 is 0.770 bits per heavy atom. The molecule has 14 rings (SSSR count). The van der Waals surface area contributed by atoms with E-state index in [2.05, 4.69) is 0 Å². The van der Waals surface area contributed by atoms with Crippen LogP contribution in [0.1, 0.15) is 91.2 Å². The van der Waals surface area contributed by atoms with Gasteiger partial charge in [0.25, 0.3) is 0 Å². The third-order valence-electron chi connectivity index (χ3n) is 17.0. The second kappa shape index (κ2) is 18.0. The Labute approximate surface area is 485 Å². The lowest BCUT2D eigenvalue weighted by molar-refractivity contribution is -0.219. The third-order valence-corrected chi connectivity index (χ3v) is 17.0. The monoisotopic (exact) mass is 1200 g/mol. The van der Waals surface area contributed by atoms with Crippen LogP contribution in [-0.2, 0) is 18.0 Å². The second-order valence-electron chi connectivity index (χ2n) is 21.9. The summed E-state index contributed by atoms with van der Waals surface area (Å²) in [6.45, 7) is 0. The van der Waals surface area contributed by atoms with Gasteiger partial charge < -0.3 is 136 Å². The summed E-state index contributed by atoms with van der Waals surface area (Å²) in [5.74, 6) is -29.0. The molecule has 87 heavy (non-hydrogen) atoms. The summed E-state index contributed by atoms with van der Waals surface area (Å²) in [5, 5.41) is 240. The Hall–Kier alpha value is -11.0. The van der Waals surface area contributed by atoms with Gasteiger partial charge in [0.15, 0.2) is 69.3 Å². The van der Waals surface area contributed by atoms with Crippen LogP contribution in [0.2, 0.25) is 0 Å². The molecular formula is C60H46O27. The summed E-state index contributed by atoms with van der Waals surface area (Å²) in [6.07, 6.45) is -12.0. The van der Waals surface area contributed by atoms with Crippen LogP contribution in [0.15, 0.2) is 84.9 Å². The largest absolute Gasteiger partial charge is 0.508 e. The number of phenolic OH excluding ortho intramolecular Hbond substituents is 17. The van der Waals surface area contributed by atoms with Crippen LogP contribution in [0.3, 0.4) is 0 Å². The predicted molar refractivity (Wildman–Crippen MR) is 286 cm³/mol. The van der Waals surface area contributed by atoms with Crippen molar-refractivity contribution in [1.82, 2.24) is 0 Å². The summed E-state index contributed by atoms with van der Waals surface area (Å²) in [7, 11) is 0. The molecule has 8 aromatic rings. The van der Waals surface area contributed by atoms with E-state index in [1.54, 1.807) is 0 Å². The second-order valence-corrected chi connectivity index (χ2v) is 21.9. The maximum Gasteiger partial charge on any atom is 0.305 e. The number of fused-ring (bicyclic) bond motifs is 16. The first-order valence-electron chi connectivity index (χ1n) is 26.3. The van der Waals surface area contributed by atoms with Gasteiger partial charge in [-0.15, -0.1) is 0 Å². The van der Waals surface area contributed by atoms with Gasteiger partial charge in [0.2, 0.25) is 0 Å². The van der Waals surface area contributed by atoms with Crippen molar-refractivity contribution in [1.29, 1.82) is 0 Å². The zero-order chi connectivity index (χ0) is 61.7. The third kappa shape index (κ3) is 7.30. The van der Waals surface area contributed by atoms with Gasteiger partial charge in [-0.2, -0.15) is 0 Å². The molecule has 8 aromatic carbocycles. The van der Waals surface area contributed by atoms with Crippen LogP contribution in [0, 0.1) is 0 Å². The van der Waals surface area contributed by atoms with Gasteiger partial charge in [-0.3, -0.25) is 0 Å². The van der Waals surface area contributed by atoms with Crippen LogP contribution in [0.25, 0.3) is 0 Å². The molecule has 0 spiro atoms. The van der Waals surface area contributed by atoms with E-state index in [4.69, 9.17) is 28.4 Å². The summed E-state index contributed by atoms with van der Waals surface area (Å²) in [5.41, 5.74) is -3.90. The molecule has 0 saturated heterocycles. The summed E-state index contributed by atoms with van der Waals surface area (Å²) in [4.78, 5) is 0. The number of aliphatic hydroxyl groups excluding tert-OH is 4. The lowest BCUT2D eigenvalue weighted by Crippen LogP contribution is -2.58. The molecule has 0 amide bonds. The first kappa shape index (κ1) is 54.0. The highest BCUT2D eigenvalue weighted by atomic mass is 16.7. The molecule has 27 nitrogen and oxygen atoms in total. The van der Waals surface area contributed by atoms with E-state index in [1.807, 2.05) is 0 Å². The number of aliphatic hydroxyl groups is 4. The van der Waals surface area contributed by atoms with Gasteiger partial charge in [0, 0.05) is 92.4 Å². The van der Waals surface area contributed by atoms with E-state index in [0.717, 1.165) is 78.9 Å². The molecule has 11 atom stereocenters. The Bertz CT molecular complexity index is 4290. The molecule has 0 aromatic heterocycles. The maximum atomic E-state index is 13.2. The fraction of sp³-hybridized carbons (Fsp3) is 0.200. The van der Waals surface area contributed by atoms with E-state index in [-0.39, 0.29) is 39.1 Å². The number of aromatic hydroxyl groups is 17. The summed E-state index contributed by atoms with van der Waals surface area (Å²) < 4.78 is 39.2. The smallest absolute Gasteiger partial charge is 0.305 e. The Balaban J connectivity index is 1.06. The molecule has 0 radical (unpaired) electrons. The Kier molecular flexibility index (Phi) is 11.2. The average molecular weight is 1200 g/mol. The minimum absolute atomic E-state index is 0.0868. The van der Waals surface area contributed by atoms with Gasteiger partial charge in [0.1, 0.15) is 93.4 Å². The fourth-order valence-electron chi connectivity index (χ4n) is 13.1. The zero-order valence-corrected chi connectivity index (χ0v) is 43.8. The van der Waals surface area contributed by atoms with Crippen molar-refractivity contribution in [3.8, 4) is 132 Å². The van der Waals surface area contributed by atoms with Crippen molar-refractivity contribution in [3.63, 3.8) is 0 Å². The van der Waals surface area contributed by atoms with Crippen LogP contribution < -0.4 is 28.4 Å². The number of rotatable bonds is 5. The Morgan fingerprint density at radius 1 is 0.333 bits per heavy atom. The number of benzene rings is 8. The molecule has 0 saturated carbocycles. The zero-order valence-electron chi connectivity index (χ0n) is 43.8. The van der Waals surface area contributed by atoms with Crippen molar-refractivity contribution in [3.05, 3.63) is 146 Å². The topological polar surface area (TPSA) is 480 Å².